The lowest BCUT2D eigenvalue weighted by molar-refractivity contribution is 0.0538. The first-order valence-corrected chi connectivity index (χ1v) is 8.77. The topological polar surface area (TPSA) is 33.7 Å². The van der Waals surface area contributed by atoms with Gasteiger partial charge >= 0.3 is 0 Å². The zero-order chi connectivity index (χ0) is 15.5. The molecule has 4 heteroatoms. The Hall–Kier alpha value is -0.160. The summed E-state index contributed by atoms with van der Waals surface area (Å²) in [5.41, 5.74) is 0. The molecule has 0 aromatic rings. The molecule has 1 heterocycles. The van der Waals surface area contributed by atoms with Gasteiger partial charge < -0.3 is 14.8 Å². The van der Waals surface area contributed by atoms with Crippen LogP contribution in [0.15, 0.2) is 0 Å². The SMILES string of the molecule is CCCC1CNC(C(C)CC)CN1CCCOCCOC. The van der Waals surface area contributed by atoms with E-state index < -0.39 is 0 Å². The summed E-state index contributed by atoms with van der Waals surface area (Å²) in [6.45, 7) is 12.7. The summed E-state index contributed by atoms with van der Waals surface area (Å²) in [5.74, 6) is 0.757. The fourth-order valence-corrected chi connectivity index (χ4v) is 3.05. The molecule has 1 fully saturated rings. The quantitative estimate of drug-likeness (QED) is 0.595. The van der Waals surface area contributed by atoms with E-state index in [-0.39, 0.29) is 0 Å². The van der Waals surface area contributed by atoms with Crippen LogP contribution in [-0.4, -0.2) is 63.5 Å². The summed E-state index contributed by atoms with van der Waals surface area (Å²) in [4.78, 5) is 2.69. The van der Waals surface area contributed by atoms with Crippen molar-refractivity contribution in [2.24, 2.45) is 5.92 Å². The molecule has 1 rings (SSSR count). The zero-order valence-electron chi connectivity index (χ0n) is 14.6. The molecule has 0 amide bonds. The lowest BCUT2D eigenvalue weighted by Crippen LogP contribution is -2.58. The summed E-state index contributed by atoms with van der Waals surface area (Å²) in [7, 11) is 1.72. The van der Waals surface area contributed by atoms with Crippen molar-refractivity contribution >= 4 is 0 Å². The highest BCUT2D eigenvalue weighted by atomic mass is 16.5. The van der Waals surface area contributed by atoms with Gasteiger partial charge in [0.15, 0.2) is 0 Å². The van der Waals surface area contributed by atoms with E-state index in [4.69, 9.17) is 9.47 Å². The third kappa shape index (κ3) is 7.09. The van der Waals surface area contributed by atoms with Gasteiger partial charge in [-0.3, -0.25) is 4.90 Å². The minimum Gasteiger partial charge on any atom is -0.382 e. The number of nitrogens with zero attached hydrogens (tertiary/aromatic N) is 1. The predicted molar refractivity (Wildman–Crippen MR) is 88.8 cm³/mol. The molecule has 0 aromatic heterocycles. The van der Waals surface area contributed by atoms with Gasteiger partial charge in [-0.25, -0.2) is 0 Å². The van der Waals surface area contributed by atoms with Gasteiger partial charge in [0.2, 0.25) is 0 Å². The highest BCUT2D eigenvalue weighted by molar-refractivity contribution is 4.88. The monoisotopic (exact) mass is 300 g/mol. The van der Waals surface area contributed by atoms with Crippen molar-refractivity contribution in [3.63, 3.8) is 0 Å². The Morgan fingerprint density at radius 3 is 2.71 bits per heavy atom. The van der Waals surface area contributed by atoms with Crippen molar-refractivity contribution in [2.45, 2.75) is 58.5 Å². The van der Waals surface area contributed by atoms with Gasteiger partial charge in [-0.1, -0.05) is 33.6 Å². The first kappa shape index (κ1) is 18.9. The van der Waals surface area contributed by atoms with E-state index in [1.807, 2.05) is 0 Å². The average Bonchev–Trinajstić information content (AvgIpc) is 2.51. The van der Waals surface area contributed by atoms with E-state index in [1.165, 1.54) is 25.8 Å². The number of rotatable bonds is 11. The van der Waals surface area contributed by atoms with E-state index in [0.717, 1.165) is 32.0 Å². The normalized spacial score (nSPS) is 25.1. The molecule has 0 radical (unpaired) electrons. The number of methoxy groups -OCH3 is 1. The maximum Gasteiger partial charge on any atom is 0.0700 e. The summed E-state index contributed by atoms with van der Waals surface area (Å²) >= 11 is 0. The molecule has 1 aliphatic heterocycles. The molecule has 0 spiro atoms. The van der Waals surface area contributed by atoms with Crippen molar-refractivity contribution in [2.75, 3.05) is 46.6 Å². The standard InChI is InChI=1S/C17H36N2O2/c1-5-8-16-13-18-17(15(3)6-2)14-19(16)9-7-10-21-12-11-20-4/h15-18H,5-14H2,1-4H3. The number of nitrogens with one attached hydrogen (secondary N) is 1. The number of piperazine rings is 1. The smallest absolute Gasteiger partial charge is 0.0700 e. The second-order valence-electron chi connectivity index (χ2n) is 6.30. The maximum absolute atomic E-state index is 5.59. The van der Waals surface area contributed by atoms with Crippen LogP contribution < -0.4 is 5.32 Å². The molecule has 0 saturated carbocycles. The average molecular weight is 300 g/mol. The molecule has 1 aliphatic rings. The summed E-state index contributed by atoms with van der Waals surface area (Å²) in [5, 5.41) is 3.76. The molecule has 3 unspecified atom stereocenters. The molecule has 0 aliphatic carbocycles. The maximum atomic E-state index is 5.59. The third-order valence-corrected chi connectivity index (χ3v) is 4.68. The van der Waals surface area contributed by atoms with Crippen molar-refractivity contribution in [3.8, 4) is 0 Å². The largest absolute Gasteiger partial charge is 0.382 e. The Morgan fingerprint density at radius 1 is 1.24 bits per heavy atom. The number of hydrogen-bond donors (Lipinski definition) is 1. The van der Waals surface area contributed by atoms with Crippen molar-refractivity contribution in [1.29, 1.82) is 0 Å². The van der Waals surface area contributed by atoms with Crippen LogP contribution in [0.3, 0.4) is 0 Å². The zero-order valence-corrected chi connectivity index (χ0v) is 14.6. The molecule has 0 bridgehead atoms. The fraction of sp³-hybridized carbons (Fsp3) is 1.00. The molecule has 1 saturated heterocycles. The highest BCUT2D eigenvalue weighted by Crippen LogP contribution is 2.18. The van der Waals surface area contributed by atoms with E-state index in [2.05, 4.69) is 31.0 Å². The number of ether oxygens (including phenoxy) is 2. The van der Waals surface area contributed by atoms with Gasteiger partial charge in [-0.15, -0.1) is 0 Å². The number of hydrogen-bond acceptors (Lipinski definition) is 4. The van der Waals surface area contributed by atoms with Gasteiger partial charge in [0.1, 0.15) is 0 Å². The van der Waals surface area contributed by atoms with E-state index >= 15 is 0 Å². The van der Waals surface area contributed by atoms with Gasteiger partial charge in [0, 0.05) is 45.4 Å². The van der Waals surface area contributed by atoms with Crippen LogP contribution in [0.25, 0.3) is 0 Å². The Balaban J connectivity index is 2.33. The van der Waals surface area contributed by atoms with Gasteiger partial charge in [0.25, 0.3) is 0 Å². The Kier molecular flexibility index (Phi) is 10.3. The van der Waals surface area contributed by atoms with Crippen molar-refractivity contribution < 1.29 is 9.47 Å². The van der Waals surface area contributed by atoms with Gasteiger partial charge in [-0.05, 0) is 18.8 Å². The van der Waals surface area contributed by atoms with E-state index in [0.29, 0.717) is 25.3 Å². The van der Waals surface area contributed by atoms with Crippen LogP contribution in [0, 0.1) is 5.92 Å². The Morgan fingerprint density at radius 2 is 2.05 bits per heavy atom. The lowest BCUT2D eigenvalue weighted by atomic mass is 9.94. The summed E-state index contributed by atoms with van der Waals surface area (Å²) in [6.07, 6.45) is 4.94. The molecule has 4 nitrogen and oxygen atoms in total. The first-order valence-electron chi connectivity index (χ1n) is 8.77. The molecule has 1 N–H and O–H groups in total. The lowest BCUT2D eigenvalue weighted by Gasteiger charge is -2.42. The second kappa shape index (κ2) is 11.4. The Bertz CT molecular complexity index is 251. The summed E-state index contributed by atoms with van der Waals surface area (Å²) in [6, 6.07) is 1.35. The first-order chi connectivity index (χ1) is 10.2. The molecule has 21 heavy (non-hydrogen) atoms. The van der Waals surface area contributed by atoms with Crippen LogP contribution in [0.2, 0.25) is 0 Å². The van der Waals surface area contributed by atoms with Crippen LogP contribution in [0.5, 0.6) is 0 Å². The third-order valence-electron chi connectivity index (χ3n) is 4.68. The molecular formula is C17H36N2O2. The van der Waals surface area contributed by atoms with Crippen LogP contribution in [0.1, 0.15) is 46.5 Å². The highest BCUT2D eigenvalue weighted by Gasteiger charge is 2.29. The van der Waals surface area contributed by atoms with Gasteiger partial charge in [0.05, 0.1) is 13.2 Å². The van der Waals surface area contributed by atoms with E-state index in [1.54, 1.807) is 7.11 Å². The van der Waals surface area contributed by atoms with Crippen LogP contribution in [0.4, 0.5) is 0 Å². The molecular weight excluding hydrogens is 264 g/mol. The van der Waals surface area contributed by atoms with Crippen LogP contribution in [-0.2, 0) is 9.47 Å². The summed E-state index contributed by atoms with van der Waals surface area (Å²) < 4.78 is 10.6. The van der Waals surface area contributed by atoms with Crippen LogP contribution >= 0.6 is 0 Å². The minimum absolute atomic E-state index is 0.650. The second-order valence-corrected chi connectivity index (χ2v) is 6.30. The van der Waals surface area contributed by atoms with Crippen molar-refractivity contribution in [1.82, 2.24) is 10.2 Å². The van der Waals surface area contributed by atoms with Gasteiger partial charge in [-0.2, -0.15) is 0 Å². The molecule has 0 aromatic carbocycles. The molecule has 3 atom stereocenters. The minimum atomic E-state index is 0.650. The predicted octanol–water partition coefficient (Wildman–Crippen LogP) is 2.53. The van der Waals surface area contributed by atoms with E-state index in [9.17, 15) is 0 Å². The van der Waals surface area contributed by atoms with Crippen molar-refractivity contribution in [3.05, 3.63) is 0 Å². The Labute approximate surface area is 131 Å². The molecule has 126 valence electrons. The fourth-order valence-electron chi connectivity index (χ4n) is 3.05.